The average Bonchev–Trinajstić information content (AvgIpc) is 2.49. The monoisotopic (exact) mass is 290 g/mol. The Balaban J connectivity index is 2.38. The summed E-state index contributed by atoms with van der Waals surface area (Å²) in [5.41, 5.74) is 1.26. The Bertz CT molecular complexity index is 672. The molecule has 7 nitrogen and oxygen atoms in total. The van der Waals surface area contributed by atoms with E-state index in [0.29, 0.717) is 22.8 Å². The van der Waals surface area contributed by atoms with Crippen molar-refractivity contribution in [2.24, 2.45) is 0 Å². The van der Waals surface area contributed by atoms with Gasteiger partial charge < -0.3 is 14.6 Å². The summed E-state index contributed by atoms with van der Waals surface area (Å²) in [6, 6.07) is 5.80. The molecule has 0 aliphatic rings. The quantitative estimate of drug-likeness (QED) is 0.671. The second-order valence-corrected chi connectivity index (χ2v) is 4.32. The van der Waals surface area contributed by atoms with Crippen molar-refractivity contribution in [3.63, 3.8) is 0 Å². The van der Waals surface area contributed by atoms with Crippen LogP contribution in [0.5, 0.6) is 17.4 Å². The van der Waals surface area contributed by atoms with Gasteiger partial charge in [0.05, 0.1) is 24.7 Å². The van der Waals surface area contributed by atoms with Crippen LogP contribution >= 0.6 is 0 Å². The van der Waals surface area contributed by atoms with E-state index < -0.39 is 4.92 Å². The van der Waals surface area contributed by atoms with Crippen LogP contribution in [0.1, 0.15) is 11.1 Å². The lowest BCUT2D eigenvalue weighted by atomic mass is 10.2. The van der Waals surface area contributed by atoms with Crippen LogP contribution in [0.25, 0.3) is 0 Å². The minimum absolute atomic E-state index is 0.101. The minimum atomic E-state index is -0.512. The molecule has 7 heteroatoms. The molecule has 1 N–H and O–H groups in total. The number of aromatic nitrogens is 1. The lowest BCUT2D eigenvalue weighted by Gasteiger charge is -2.11. The summed E-state index contributed by atoms with van der Waals surface area (Å²) in [5, 5.41) is 19.9. The molecule has 0 saturated heterocycles. The summed E-state index contributed by atoms with van der Waals surface area (Å²) in [5.74, 6) is 0.873. The van der Waals surface area contributed by atoms with Crippen molar-refractivity contribution in [1.29, 1.82) is 0 Å². The number of aliphatic hydroxyl groups excluding tert-OH is 1. The number of ether oxygens (including phenoxy) is 2. The minimum Gasteiger partial charge on any atom is -0.493 e. The molecule has 0 radical (unpaired) electrons. The van der Waals surface area contributed by atoms with Crippen molar-refractivity contribution < 1.29 is 19.5 Å². The molecule has 0 spiro atoms. The Hall–Kier alpha value is -2.67. The van der Waals surface area contributed by atoms with Crippen LogP contribution in [-0.2, 0) is 6.61 Å². The first kappa shape index (κ1) is 14.7. The number of rotatable bonds is 5. The van der Waals surface area contributed by atoms with Crippen molar-refractivity contribution in [3.05, 3.63) is 51.7 Å². The van der Waals surface area contributed by atoms with Gasteiger partial charge in [0.2, 0.25) is 5.88 Å². The van der Waals surface area contributed by atoms with Gasteiger partial charge in [-0.25, -0.2) is 4.98 Å². The predicted octanol–water partition coefficient (Wildman–Crippen LogP) is 2.59. The molecule has 110 valence electrons. The highest BCUT2D eigenvalue weighted by molar-refractivity contribution is 5.50. The van der Waals surface area contributed by atoms with E-state index in [1.54, 1.807) is 13.0 Å². The van der Waals surface area contributed by atoms with Gasteiger partial charge in [-0.2, -0.15) is 0 Å². The van der Waals surface area contributed by atoms with E-state index in [9.17, 15) is 10.1 Å². The molecule has 0 unspecified atom stereocenters. The Morgan fingerprint density at radius 1 is 1.33 bits per heavy atom. The highest BCUT2D eigenvalue weighted by atomic mass is 16.6. The van der Waals surface area contributed by atoms with E-state index in [2.05, 4.69) is 4.98 Å². The third-order valence-corrected chi connectivity index (χ3v) is 2.83. The smallest absolute Gasteiger partial charge is 0.273 e. The number of non-ortho nitro benzene ring substituents is 1. The molecule has 1 heterocycles. The summed E-state index contributed by atoms with van der Waals surface area (Å²) in [7, 11) is 1.45. The van der Waals surface area contributed by atoms with Gasteiger partial charge in [-0.1, -0.05) is 0 Å². The number of nitro groups is 1. The zero-order chi connectivity index (χ0) is 15.4. The topological polar surface area (TPSA) is 94.7 Å². The summed E-state index contributed by atoms with van der Waals surface area (Å²) >= 11 is 0. The van der Waals surface area contributed by atoms with Crippen LogP contribution in [0, 0.1) is 17.0 Å². The van der Waals surface area contributed by atoms with Gasteiger partial charge in [0, 0.05) is 17.8 Å². The summed E-state index contributed by atoms with van der Waals surface area (Å²) in [4.78, 5) is 14.4. The first-order valence-electron chi connectivity index (χ1n) is 6.12. The molecule has 0 bridgehead atoms. The van der Waals surface area contributed by atoms with Crippen molar-refractivity contribution in [2.75, 3.05) is 7.11 Å². The molecule has 21 heavy (non-hydrogen) atoms. The van der Waals surface area contributed by atoms with Crippen LogP contribution in [0.2, 0.25) is 0 Å². The number of aliphatic hydroxyl groups is 1. The van der Waals surface area contributed by atoms with Gasteiger partial charge in [-0.15, -0.1) is 0 Å². The highest BCUT2D eigenvalue weighted by Gasteiger charge is 2.14. The molecule has 0 amide bonds. The van der Waals surface area contributed by atoms with Gasteiger partial charge in [0.25, 0.3) is 5.69 Å². The summed E-state index contributed by atoms with van der Waals surface area (Å²) in [6.07, 6.45) is 1.48. The molecule has 2 aromatic rings. The van der Waals surface area contributed by atoms with E-state index in [1.807, 2.05) is 0 Å². The largest absolute Gasteiger partial charge is 0.493 e. The molecule has 1 aromatic heterocycles. The van der Waals surface area contributed by atoms with E-state index in [4.69, 9.17) is 14.6 Å². The van der Waals surface area contributed by atoms with Crippen LogP contribution in [0.4, 0.5) is 5.69 Å². The zero-order valence-corrected chi connectivity index (χ0v) is 11.6. The third-order valence-electron chi connectivity index (χ3n) is 2.83. The first-order valence-corrected chi connectivity index (χ1v) is 6.12. The Labute approximate surface area is 120 Å². The maximum Gasteiger partial charge on any atom is 0.273 e. The number of benzene rings is 1. The fourth-order valence-electron chi connectivity index (χ4n) is 1.78. The maximum atomic E-state index is 10.8. The molecule has 0 fully saturated rings. The third kappa shape index (κ3) is 3.26. The van der Waals surface area contributed by atoms with E-state index in [-0.39, 0.29) is 18.0 Å². The van der Waals surface area contributed by atoms with Crippen LogP contribution in [0.3, 0.4) is 0 Å². The number of nitro benzene ring substituents is 1. The number of aryl methyl sites for hydroxylation is 1. The van der Waals surface area contributed by atoms with Gasteiger partial charge in [0.15, 0.2) is 11.5 Å². The number of nitrogens with zero attached hydrogens (tertiary/aromatic N) is 2. The molecule has 0 atom stereocenters. The SMILES string of the molecule is COc1ccc([N+](=O)[O-])cc1Oc1ncc(CO)cc1C. The van der Waals surface area contributed by atoms with Crippen LogP contribution in [0.15, 0.2) is 30.5 Å². The Kier molecular flexibility index (Phi) is 4.34. The second-order valence-electron chi connectivity index (χ2n) is 4.32. The number of pyridine rings is 1. The molecule has 0 aliphatic carbocycles. The van der Waals surface area contributed by atoms with Crippen LogP contribution < -0.4 is 9.47 Å². The van der Waals surface area contributed by atoms with Gasteiger partial charge >= 0.3 is 0 Å². The lowest BCUT2D eigenvalue weighted by molar-refractivity contribution is -0.384. The van der Waals surface area contributed by atoms with E-state index in [0.717, 1.165) is 0 Å². The van der Waals surface area contributed by atoms with Gasteiger partial charge in [0.1, 0.15) is 0 Å². The number of hydrogen-bond acceptors (Lipinski definition) is 6. The van der Waals surface area contributed by atoms with Gasteiger partial charge in [-0.3, -0.25) is 10.1 Å². The number of hydrogen-bond donors (Lipinski definition) is 1. The first-order chi connectivity index (χ1) is 10.0. The van der Waals surface area contributed by atoms with Crippen molar-refractivity contribution in [1.82, 2.24) is 4.98 Å². The van der Waals surface area contributed by atoms with Crippen LogP contribution in [-0.4, -0.2) is 22.1 Å². The molecule has 1 aromatic carbocycles. The molecular weight excluding hydrogens is 276 g/mol. The van der Waals surface area contributed by atoms with Gasteiger partial charge in [-0.05, 0) is 24.6 Å². The standard InChI is InChI=1S/C14H14N2O5/c1-9-5-10(8-17)7-15-14(9)21-13-6-11(16(18)19)3-4-12(13)20-2/h3-7,17H,8H2,1-2H3. The molecule has 0 saturated carbocycles. The second kappa shape index (κ2) is 6.19. The lowest BCUT2D eigenvalue weighted by Crippen LogP contribution is -1.97. The predicted molar refractivity (Wildman–Crippen MR) is 74.6 cm³/mol. The maximum absolute atomic E-state index is 10.8. The van der Waals surface area contributed by atoms with Crippen molar-refractivity contribution >= 4 is 5.69 Å². The van der Waals surface area contributed by atoms with Crippen molar-refractivity contribution in [2.45, 2.75) is 13.5 Å². The Morgan fingerprint density at radius 2 is 2.10 bits per heavy atom. The average molecular weight is 290 g/mol. The Morgan fingerprint density at radius 3 is 2.67 bits per heavy atom. The van der Waals surface area contributed by atoms with E-state index in [1.165, 1.54) is 31.5 Å². The number of methoxy groups -OCH3 is 1. The fourth-order valence-corrected chi connectivity index (χ4v) is 1.78. The zero-order valence-electron chi connectivity index (χ0n) is 11.6. The normalized spacial score (nSPS) is 10.2. The fraction of sp³-hybridized carbons (Fsp3) is 0.214. The summed E-state index contributed by atoms with van der Waals surface area (Å²) in [6.45, 7) is 1.65. The molecule has 2 rings (SSSR count). The molecule has 0 aliphatic heterocycles. The van der Waals surface area contributed by atoms with Crippen molar-refractivity contribution in [3.8, 4) is 17.4 Å². The van der Waals surface area contributed by atoms with E-state index >= 15 is 0 Å². The summed E-state index contributed by atoms with van der Waals surface area (Å²) < 4.78 is 10.7. The highest BCUT2D eigenvalue weighted by Crippen LogP contribution is 2.35. The molecular formula is C14H14N2O5.